The lowest BCUT2D eigenvalue weighted by Crippen LogP contribution is -2.28. The molecule has 0 amide bonds. The quantitative estimate of drug-likeness (QED) is 0.489. The topological polar surface area (TPSA) is 55.2 Å². The summed E-state index contributed by atoms with van der Waals surface area (Å²) in [5, 5.41) is 14.6. The molecule has 3 rings (SSSR count). The van der Waals surface area contributed by atoms with Gasteiger partial charge in [0.15, 0.2) is 17.5 Å². The van der Waals surface area contributed by atoms with E-state index in [1.807, 2.05) is 0 Å². The maximum absolute atomic E-state index is 14.5. The van der Waals surface area contributed by atoms with E-state index in [1.165, 1.54) is 6.92 Å². The number of rotatable bonds is 3. The molecular weight excluding hydrogens is 345 g/mol. The first-order valence-electron chi connectivity index (χ1n) is 7.84. The zero-order valence-corrected chi connectivity index (χ0v) is 14.0. The van der Waals surface area contributed by atoms with Crippen LogP contribution in [-0.4, -0.2) is 4.92 Å². The third kappa shape index (κ3) is 2.85. The van der Waals surface area contributed by atoms with Crippen molar-refractivity contribution in [1.29, 1.82) is 0 Å². The maximum atomic E-state index is 14.5. The molecular formula is C19H15F3N2O2. The van der Waals surface area contributed by atoms with Gasteiger partial charge in [0.1, 0.15) is 5.92 Å². The molecule has 0 radical (unpaired) electrons. The molecule has 134 valence electrons. The van der Waals surface area contributed by atoms with Crippen molar-refractivity contribution >= 4 is 5.57 Å². The standard InChI is InChI=1S/C19H15F3N2O2/c1-10-15(12-6-4-3-5-7-12)16(19(24(25)26)11(2)23-10)13-8-9-14(20)18(22)17(13)21/h3-9,16,23H,1-2H3. The Morgan fingerprint density at radius 3 is 2.23 bits per heavy atom. The number of dihydropyridines is 1. The number of halogens is 3. The molecule has 26 heavy (non-hydrogen) atoms. The lowest BCUT2D eigenvalue weighted by molar-refractivity contribution is -0.430. The molecule has 1 aliphatic heterocycles. The molecule has 7 heteroatoms. The molecule has 0 fully saturated rings. The Morgan fingerprint density at radius 1 is 0.962 bits per heavy atom. The number of allylic oxidation sites excluding steroid dienone is 3. The summed E-state index contributed by atoms with van der Waals surface area (Å²) in [7, 11) is 0. The Morgan fingerprint density at radius 2 is 1.62 bits per heavy atom. The van der Waals surface area contributed by atoms with Crippen LogP contribution < -0.4 is 5.32 Å². The van der Waals surface area contributed by atoms with Gasteiger partial charge in [-0.1, -0.05) is 36.4 Å². The van der Waals surface area contributed by atoms with E-state index in [-0.39, 0.29) is 17.0 Å². The third-order valence-corrected chi connectivity index (χ3v) is 4.38. The summed E-state index contributed by atoms with van der Waals surface area (Å²) in [6.45, 7) is 3.20. The van der Waals surface area contributed by atoms with Crippen molar-refractivity contribution in [1.82, 2.24) is 5.32 Å². The number of nitrogens with zero attached hydrogens (tertiary/aromatic N) is 1. The summed E-state index contributed by atoms with van der Waals surface area (Å²) in [6.07, 6.45) is 0. The lowest BCUT2D eigenvalue weighted by Gasteiger charge is -2.28. The molecule has 4 nitrogen and oxygen atoms in total. The minimum absolute atomic E-state index is 0.223. The molecule has 1 aliphatic rings. The van der Waals surface area contributed by atoms with E-state index in [0.29, 0.717) is 16.8 Å². The summed E-state index contributed by atoms with van der Waals surface area (Å²) in [5.74, 6) is -5.59. The maximum Gasteiger partial charge on any atom is 0.276 e. The number of benzene rings is 2. The van der Waals surface area contributed by atoms with Gasteiger partial charge < -0.3 is 5.32 Å². The van der Waals surface area contributed by atoms with Crippen LogP contribution in [-0.2, 0) is 0 Å². The van der Waals surface area contributed by atoms with Crippen molar-refractivity contribution in [3.63, 3.8) is 0 Å². The minimum Gasteiger partial charge on any atom is -0.357 e. The lowest BCUT2D eigenvalue weighted by atomic mass is 9.80. The predicted molar refractivity (Wildman–Crippen MR) is 90.9 cm³/mol. The largest absolute Gasteiger partial charge is 0.357 e. The molecule has 1 heterocycles. The van der Waals surface area contributed by atoms with E-state index in [1.54, 1.807) is 37.3 Å². The fourth-order valence-corrected chi connectivity index (χ4v) is 3.29. The average molecular weight is 360 g/mol. The second-order valence-corrected chi connectivity index (χ2v) is 5.99. The molecule has 1 unspecified atom stereocenters. The van der Waals surface area contributed by atoms with Crippen molar-refractivity contribution in [2.24, 2.45) is 0 Å². The van der Waals surface area contributed by atoms with Crippen LogP contribution in [0.5, 0.6) is 0 Å². The normalized spacial score (nSPS) is 17.3. The van der Waals surface area contributed by atoms with Crippen LogP contribution in [0.2, 0.25) is 0 Å². The Labute approximate surface area is 147 Å². The summed E-state index contributed by atoms with van der Waals surface area (Å²) < 4.78 is 41.7. The van der Waals surface area contributed by atoms with Crippen LogP contribution in [0, 0.1) is 27.6 Å². The van der Waals surface area contributed by atoms with Crippen LogP contribution >= 0.6 is 0 Å². The summed E-state index contributed by atoms with van der Waals surface area (Å²) >= 11 is 0. The minimum atomic E-state index is -1.65. The summed E-state index contributed by atoms with van der Waals surface area (Å²) in [4.78, 5) is 11.1. The van der Waals surface area contributed by atoms with Gasteiger partial charge in [-0.15, -0.1) is 0 Å². The van der Waals surface area contributed by atoms with E-state index in [9.17, 15) is 23.3 Å². The van der Waals surface area contributed by atoms with Gasteiger partial charge in [0.25, 0.3) is 5.70 Å². The van der Waals surface area contributed by atoms with E-state index in [0.717, 1.165) is 12.1 Å². The van der Waals surface area contributed by atoms with Crippen LogP contribution in [0.15, 0.2) is 59.6 Å². The molecule has 0 aliphatic carbocycles. The molecule has 2 aromatic rings. The summed E-state index contributed by atoms with van der Waals surface area (Å²) in [5.41, 5.74) is 1.27. The Kier molecular flexibility index (Phi) is 4.54. The molecule has 1 atom stereocenters. The first-order valence-corrected chi connectivity index (χ1v) is 7.84. The third-order valence-electron chi connectivity index (χ3n) is 4.38. The highest BCUT2D eigenvalue weighted by Crippen LogP contribution is 2.44. The molecule has 2 aromatic carbocycles. The van der Waals surface area contributed by atoms with E-state index in [4.69, 9.17) is 0 Å². The van der Waals surface area contributed by atoms with Crippen molar-refractivity contribution in [3.05, 3.63) is 98.2 Å². The van der Waals surface area contributed by atoms with Crippen molar-refractivity contribution < 1.29 is 18.1 Å². The first kappa shape index (κ1) is 17.7. The second-order valence-electron chi connectivity index (χ2n) is 5.99. The monoisotopic (exact) mass is 360 g/mol. The van der Waals surface area contributed by atoms with Crippen molar-refractivity contribution in [2.75, 3.05) is 0 Å². The van der Waals surface area contributed by atoms with Gasteiger partial charge in [0.2, 0.25) is 0 Å². The van der Waals surface area contributed by atoms with Gasteiger partial charge in [-0.3, -0.25) is 10.1 Å². The number of nitrogens with one attached hydrogen (secondary N) is 1. The van der Waals surface area contributed by atoms with Gasteiger partial charge in [0.05, 0.1) is 10.6 Å². The zero-order chi connectivity index (χ0) is 19.0. The first-order chi connectivity index (χ1) is 12.3. The average Bonchev–Trinajstić information content (AvgIpc) is 2.59. The van der Waals surface area contributed by atoms with Gasteiger partial charge in [-0.05, 0) is 31.1 Å². The van der Waals surface area contributed by atoms with Crippen LogP contribution in [0.25, 0.3) is 5.57 Å². The van der Waals surface area contributed by atoms with Gasteiger partial charge >= 0.3 is 0 Å². The smallest absolute Gasteiger partial charge is 0.276 e. The van der Waals surface area contributed by atoms with E-state index in [2.05, 4.69) is 5.32 Å². The Bertz CT molecular complexity index is 953. The van der Waals surface area contributed by atoms with Crippen LogP contribution in [0.1, 0.15) is 30.9 Å². The number of hydrogen-bond acceptors (Lipinski definition) is 3. The van der Waals surface area contributed by atoms with E-state index >= 15 is 0 Å². The SMILES string of the molecule is CC1=C(c2ccccc2)C(c2ccc(F)c(F)c2F)C([N+](=O)[O-])=C(C)N1. The highest BCUT2D eigenvalue weighted by Gasteiger charge is 2.39. The Hall–Kier alpha value is -3.09. The molecule has 0 saturated heterocycles. The van der Waals surface area contributed by atoms with Gasteiger partial charge in [-0.25, -0.2) is 13.2 Å². The highest BCUT2D eigenvalue weighted by atomic mass is 19.2. The molecule has 1 N–H and O–H groups in total. The zero-order valence-electron chi connectivity index (χ0n) is 14.0. The van der Waals surface area contributed by atoms with Crippen molar-refractivity contribution in [2.45, 2.75) is 19.8 Å². The second kappa shape index (κ2) is 6.67. The molecule has 0 aromatic heterocycles. The van der Waals surface area contributed by atoms with Crippen LogP contribution in [0.4, 0.5) is 13.2 Å². The molecule has 0 saturated carbocycles. The predicted octanol–water partition coefficient (Wildman–Crippen LogP) is 4.73. The summed E-state index contributed by atoms with van der Waals surface area (Å²) in [6, 6.07) is 10.5. The fraction of sp³-hybridized carbons (Fsp3) is 0.158. The van der Waals surface area contributed by atoms with Gasteiger partial charge in [-0.2, -0.15) is 0 Å². The Balaban J connectivity index is 2.32. The van der Waals surface area contributed by atoms with Gasteiger partial charge in [0, 0.05) is 11.3 Å². The van der Waals surface area contributed by atoms with E-state index < -0.39 is 28.3 Å². The van der Waals surface area contributed by atoms with Crippen LogP contribution in [0.3, 0.4) is 0 Å². The van der Waals surface area contributed by atoms with Crippen molar-refractivity contribution in [3.8, 4) is 0 Å². The molecule has 0 bridgehead atoms. The fourth-order valence-electron chi connectivity index (χ4n) is 3.29. The highest BCUT2D eigenvalue weighted by molar-refractivity contribution is 5.78. The molecule has 0 spiro atoms. The number of nitro groups is 1. The number of hydrogen-bond donors (Lipinski definition) is 1.